The molecular formula is C17H17N3O7S2. The zero-order valence-electron chi connectivity index (χ0n) is 15.0. The molecular weight excluding hydrogens is 422 g/mol. The fourth-order valence-corrected chi connectivity index (χ4v) is 5.18. The molecule has 1 aromatic rings. The second-order valence-corrected chi connectivity index (χ2v) is 8.47. The molecule has 12 heteroatoms. The lowest BCUT2D eigenvalue weighted by atomic mass is 10.2. The summed E-state index contributed by atoms with van der Waals surface area (Å²) in [5.74, 6) is -1.14. The Balaban J connectivity index is 1.64. The normalized spacial score (nSPS) is 17.6. The van der Waals surface area contributed by atoms with E-state index in [9.17, 15) is 24.5 Å². The molecule has 2 aliphatic heterocycles. The molecule has 1 saturated heterocycles. The van der Waals surface area contributed by atoms with Crippen LogP contribution in [0, 0.1) is 10.1 Å². The average Bonchev–Trinajstić information content (AvgIpc) is 3.01. The molecule has 0 unspecified atom stereocenters. The van der Waals surface area contributed by atoms with Crippen molar-refractivity contribution in [2.45, 2.75) is 18.4 Å². The van der Waals surface area contributed by atoms with Crippen molar-refractivity contribution >= 4 is 47.0 Å². The summed E-state index contributed by atoms with van der Waals surface area (Å²) in [5, 5.41) is 21.8. The van der Waals surface area contributed by atoms with E-state index in [-0.39, 0.29) is 54.1 Å². The Morgan fingerprint density at radius 3 is 2.72 bits per heavy atom. The Morgan fingerprint density at radius 1 is 1.38 bits per heavy atom. The monoisotopic (exact) mass is 439 g/mol. The van der Waals surface area contributed by atoms with E-state index >= 15 is 0 Å². The lowest BCUT2D eigenvalue weighted by molar-refractivity contribution is -0.384. The van der Waals surface area contributed by atoms with Crippen LogP contribution >= 0.6 is 23.5 Å². The van der Waals surface area contributed by atoms with Crippen molar-refractivity contribution in [1.29, 1.82) is 0 Å². The lowest BCUT2D eigenvalue weighted by Gasteiger charge is -2.34. The number of aliphatic hydroxyl groups excluding tert-OH is 1. The van der Waals surface area contributed by atoms with Crippen LogP contribution in [0.1, 0.15) is 12.0 Å². The van der Waals surface area contributed by atoms with E-state index in [4.69, 9.17) is 9.84 Å². The summed E-state index contributed by atoms with van der Waals surface area (Å²) in [4.78, 5) is 47.8. The number of hydrogen-bond acceptors (Lipinski definition) is 9. The van der Waals surface area contributed by atoms with Gasteiger partial charge in [0.2, 0.25) is 11.8 Å². The number of benzene rings is 1. The van der Waals surface area contributed by atoms with E-state index < -0.39 is 10.9 Å². The van der Waals surface area contributed by atoms with E-state index in [0.717, 1.165) is 11.8 Å². The molecule has 0 spiro atoms. The Hall–Kier alpha value is -2.57. The second-order valence-electron chi connectivity index (χ2n) is 6.04. The van der Waals surface area contributed by atoms with Gasteiger partial charge >= 0.3 is 5.97 Å². The summed E-state index contributed by atoms with van der Waals surface area (Å²) in [6.07, 6.45) is 0.310. The number of carbonyl (C=O) groups is 3. The fraction of sp³-hybridized carbons (Fsp3) is 0.353. The van der Waals surface area contributed by atoms with Gasteiger partial charge in [-0.1, -0.05) is 11.8 Å². The van der Waals surface area contributed by atoms with Crippen molar-refractivity contribution in [2.75, 3.05) is 18.9 Å². The predicted octanol–water partition coefficient (Wildman–Crippen LogP) is 0.954. The molecule has 10 nitrogen and oxygen atoms in total. The van der Waals surface area contributed by atoms with Crippen LogP contribution in [0.4, 0.5) is 5.69 Å². The molecule has 2 heterocycles. The van der Waals surface area contributed by atoms with Gasteiger partial charge in [0.05, 0.1) is 33.3 Å². The number of hydrogen-bond donors (Lipinski definition) is 2. The zero-order chi connectivity index (χ0) is 21.0. The topological polar surface area (TPSA) is 139 Å². The van der Waals surface area contributed by atoms with Crippen molar-refractivity contribution in [1.82, 2.24) is 10.2 Å². The van der Waals surface area contributed by atoms with Gasteiger partial charge in [-0.05, 0) is 17.7 Å². The largest absolute Gasteiger partial charge is 0.456 e. The number of rotatable bonds is 9. The standard InChI is InChI=1S/C17H17N3O7S2/c21-6-5-18-12(22)9-28-17-15(19-13(23)7-14(19)29-17)16(24)27-8-10-1-3-11(4-2-10)20(25)26/h1-4,14,21H,5-9H2,(H,18,22)/t14-/m1/s1. The van der Waals surface area contributed by atoms with Gasteiger partial charge < -0.3 is 15.2 Å². The molecule has 2 aliphatic rings. The van der Waals surface area contributed by atoms with Gasteiger partial charge in [-0.25, -0.2) is 4.79 Å². The summed E-state index contributed by atoms with van der Waals surface area (Å²) in [6, 6.07) is 5.61. The van der Waals surface area contributed by atoms with Crippen molar-refractivity contribution in [3.63, 3.8) is 0 Å². The summed E-state index contributed by atoms with van der Waals surface area (Å²) in [5.41, 5.74) is 0.625. The Kier molecular flexibility index (Phi) is 6.77. The van der Waals surface area contributed by atoms with Crippen LogP contribution in [0.5, 0.6) is 0 Å². The molecule has 0 aliphatic carbocycles. The number of β-lactam (4-membered cyclic amide) rings is 1. The minimum atomic E-state index is -0.690. The number of fused-ring (bicyclic) bond motifs is 1. The van der Waals surface area contributed by atoms with Crippen LogP contribution < -0.4 is 5.32 Å². The SMILES string of the molecule is O=C(CSC1=C(C(=O)OCc2ccc([N+](=O)[O-])cc2)N2C(=O)C[C@H]2S1)NCCO. The number of aliphatic hydroxyl groups is 1. The first-order valence-electron chi connectivity index (χ1n) is 8.54. The van der Waals surface area contributed by atoms with Gasteiger partial charge in [0, 0.05) is 18.7 Å². The van der Waals surface area contributed by atoms with Crippen LogP contribution in [0.2, 0.25) is 0 Å². The molecule has 0 saturated carbocycles. The maximum atomic E-state index is 12.6. The average molecular weight is 439 g/mol. The van der Waals surface area contributed by atoms with E-state index in [1.807, 2.05) is 0 Å². The summed E-state index contributed by atoms with van der Waals surface area (Å²) >= 11 is 2.47. The number of thioether (sulfide) groups is 2. The molecule has 2 amide bonds. The lowest BCUT2D eigenvalue weighted by Crippen LogP contribution is -2.48. The number of nitrogens with one attached hydrogen (secondary N) is 1. The molecule has 0 aromatic heterocycles. The molecule has 0 radical (unpaired) electrons. The maximum Gasteiger partial charge on any atom is 0.357 e. The highest BCUT2D eigenvalue weighted by atomic mass is 32.2. The third-order valence-corrected chi connectivity index (χ3v) is 6.62. The first kappa shape index (κ1) is 21.1. The highest BCUT2D eigenvalue weighted by molar-refractivity contribution is 8.23. The van der Waals surface area contributed by atoms with Gasteiger partial charge in [-0.2, -0.15) is 0 Å². The van der Waals surface area contributed by atoms with Crippen molar-refractivity contribution in [3.8, 4) is 0 Å². The highest BCUT2D eigenvalue weighted by Crippen LogP contribution is 2.50. The number of nitro benzene ring substituents is 1. The van der Waals surface area contributed by atoms with Crippen molar-refractivity contribution in [3.05, 3.63) is 49.9 Å². The molecule has 1 atom stereocenters. The maximum absolute atomic E-state index is 12.6. The first-order valence-corrected chi connectivity index (χ1v) is 10.4. The first-order chi connectivity index (χ1) is 13.9. The summed E-state index contributed by atoms with van der Waals surface area (Å²) in [7, 11) is 0. The zero-order valence-corrected chi connectivity index (χ0v) is 16.7. The van der Waals surface area contributed by atoms with Gasteiger partial charge in [0.15, 0.2) is 5.70 Å². The van der Waals surface area contributed by atoms with E-state index in [1.165, 1.54) is 40.9 Å². The molecule has 1 fully saturated rings. The molecule has 154 valence electrons. The second kappa shape index (κ2) is 9.29. The Bertz CT molecular complexity index is 872. The number of nitrogens with zero attached hydrogens (tertiary/aromatic N) is 2. The van der Waals surface area contributed by atoms with Gasteiger partial charge in [-0.15, -0.1) is 11.8 Å². The number of carbonyl (C=O) groups excluding carboxylic acids is 3. The number of amides is 2. The molecule has 3 rings (SSSR count). The van der Waals surface area contributed by atoms with Crippen molar-refractivity contribution < 1.29 is 29.2 Å². The molecule has 0 bridgehead atoms. The summed E-state index contributed by atoms with van der Waals surface area (Å²) < 4.78 is 5.83. The van der Waals surface area contributed by atoms with E-state index in [2.05, 4.69) is 5.32 Å². The number of ether oxygens (including phenoxy) is 1. The van der Waals surface area contributed by atoms with Crippen LogP contribution in [-0.4, -0.2) is 57.0 Å². The minimum absolute atomic E-state index is 0.0379. The fourth-order valence-electron chi connectivity index (χ4n) is 2.62. The third-order valence-electron chi connectivity index (χ3n) is 4.06. The third kappa shape index (κ3) is 4.89. The van der Waals surface area contributed by atoms with Crippen LogP contribution in [0.25, 0.3) is 0 Å². The van der Waals surface area contributed by atoms with Crippen LogP contribution in [0.15, 0.2) is 34.2 Å². The molecule has 2 N–H and O–H groups in total. The summed E-state index contributed by atoms with van der Waals surface area (Å²) in [6.45, 7) is -0.131. The molecule has 29 heavy (non-hydrogen) atoms. The smallest absolute Gasteiger partial charge is 0.357 e. The minimum Gasteiger partial charge on any atom is -0.456 e. The van der Waals surface area contributed by atoms with Gasteiger partial charge in [0.25, 0.3) is 5.69 Å². The van der Waals surface area contributed by atoms with Crippen LogP contribution in [0.3, 0.4) is 0 Å². The van der Waals surface area contributed by atoms with Gasteiger partial charge in [-0.3, -0.25) is 24.6 Å². The van der Waals surface area contributed by atoms with Crippen molar-refractivity contribution in [2.24, 2.45) is 0 Å². The Morgan fingerprint density at radius 2 is 2.10 bits per heavy atom. The number of nitro groups is 1. The van der Waals surface area contributed by atoms with E-state index in [0.29, 0.717) is 16.2 Å². The molecule has 1 aromatic carbocycles. The van der Waals surface area contributed by atoms with E-state index in [1.54, 1.807) is 0 Å². The number of esters is 1. The van der Waals surface area contributed by atoms with Crippen LogP contribution in [-0.2, 0) is 25.7 Å². The highest BCUT2D eigenvalue weighted by Gasteiger charge is 2.49. The quantitative estimate of drug-likeness (QED) is 0.249. The Labute approximate surface area is 173 Å². The predicted molar refractivity (Wildman–Crippen MR) is 105 cm³/mol. The number of non-ortho nitro benzene ring substituents is 1. The van der Waals surface area contributed by atoms with Gasteiger partial charge in [0.1, 0.15) is 6.61 Å².